The number of hydrogen-bond acceptors (Lipinski definition) is 3. The highest BCUT2D eigenvalue weighted by Gasteiger charge is 2.40. The molecule has 0 N–H and O–H groups in total. The molecule has 0 saturated carbocycles. The van der Waals surface area contributed by atoms with Gasteiger partial charge in [-0.15, -0.1) is 0 Å². The van der Waals surface area contributed by atoms with Crippen molar-refractivity contribution in [3.63, 3.8) is 0 Å². The largest absolute Gasteiger partial charge is 0.496 e. The van der Waals surface area contributed by atoms with Gasteiger partial charge in [-0.05, 0) is 53.2 Å². The van der Waals surface area contributed by atoms with Crippen LogP contribution in [0.4, 0.5) is 0 Å². The minimum absolute atomic E-state index is 0.0734. The fraction of sp³-hybridized carbons (Fsp3) is 0.333. The topological polar surface area (TPSA) is 50.1 Å². The number of ketones is 1. The Balaban J connectivity index is 1.96. The predicted molar refractivity (Wildman–Crippen MR) is 108 cm³/mol. The average molecular weight is 359 g/mol. The maximum Gasteiger partial charge on any atom is 0.170 e. The quantitative estimate of drug-likeness (QED) is 0.668. The van der Waals surface area contributed by atoms with Crippen LogP contribution >= 0.6 is 0 Å². The summed E-state index contributed by atoms with van der Waals surface area (Å²) in [6.45, 7) is 6.37. The lowest BCUT2D eigenvalue weighted by Gasteiger charge is -2.26. The van der Waals surface area contributed by atoms with Crippen LogP contribution in [0.15, 0.2) is 48.5 Å². The van der Waals surface area contributed by atoms with E-state index in [-0.39, 0.29) is 17.1 Å². The number of allylic oxidation sites excluding steroid dienone is 2. The van der Waals surface area contributed by atoms with Gasteiger partial charge in [0.1, 0.15) is 5.75 Å². The van der Waals surface area contributed by atoms with Gasteiger partial charge < -0.3 is 4.74 Å². The Bertz CT molecular complexity index is 947. The molecular formula is C24H25NO2. The Labute approximate surface area is 161 Å². The molecule has 0 aromatic heterocycles. The van der Waals surface area contributed by atoms with Gasteiger partial charge >= 0.3 is 0 Å². The number of rotatable bonds is 5. The van der Waals surface area contributed by atoms with Crippen LogP contribution in [0.5, 0.6) is 5.75 Å². The molecule has 3 heteroatoms. The fourth-order valence-electron chi connectivity index (χ4n) is 3.87. The number of carbonyl (C=O) groups is 1. The van der Waals surface area contributed by atoms with Gasteiger partial charge in [0.2, 0.25) is 0 Å². The molecule has 0 fully saturated rings. The van der Waals surface area contributed by atoms with Gasteiger partial charge in [-0.1, -0.05) is 51.1 Å². The van der Waals surface area contributed by atoms with Crippen LogP contribution in [-0.2, 0) is 6.42 Å². The van der Waals surface area contributed by atoms with Crippen LogP contribution < -0.4 is 4.74 Å². The van der Waals surface area contributed by atoms with E-state index in [9.17, 15) is 4.79 Å². The Morgan fingerprint density at radius 1 is 1.26 bits per heavy atom. The SMILES string of the molecule is CCc1ccc(C2=CC(C(=O)c3cccc(C#N)c3)C(C)(C)C2)cc1OC. The highest BCUT2D eigenvalue weighted by atomic mass is 16.5. The zero-order valence-corrected chi connectivity index (χ0v) is 16.4. The molecule has 1 unspecified atom stereocenters. The monoisotopic (exact) mass is 359 g/mol. The second kappa shape index (κ2) is 7.40. The number of aryl methyl sites for hydroxylation is 1. The van der Waals surface area contributed by atoms with E-state index in [0.717, 1.165) is 24.2 Å². The molecule has 2 aromatic carbocycles. The molecule has 0 aliphatic heterocycles. The molecule has 1 aliphatic rings. The van der Waals surface area contributed by atoms with E-state index in [1.54, 1.807) is 31.4 Å². The first-order chi connectivity index (χ1) is 12.9. The standard InChI is InChI=1S/C24H25NO2/c1-5-17-9-10-18(13-22(17)27-4)20-12-21(24(2,3)14-20)23(26)19-8-6-7-16(11-19)15-25/h6-13,21H,5,14H2,1-4H3. The van der Waals surface area contributed by atoms with Crippen molar-refractivity contribution in [2.75, 3.05) is 7.11 Å². The Morgan fingerprint density at radius 2 is 2.04 bits per heavy atom. The van der Waals surface area contributed by atoms with Crippen LogP contribution in [-0.4, -0.2) is 12.9 Å². The second-order valence-corrected chi connectivity index (χ2v) is 7.77. The Hall–Kier alpha value is -2.86. The summed E-state index contributed by atoms with van der Waals surface area (Å²) in [5, 5.41) is 9.11. The predicted octanol–water partition coefficient (Wildman–Crippen LogP) is 5.44. The summed E-state index contributed by atoms with van der Waals surface area (Å²) in [5.74, 6) is 0.757. The average Bonchev–Trinajstić information content (AvgIpc) is 3.01. The maximum absolute atomic E-state index is 13.2. The van der Waals surface area contributed by atoms with Crippen molar-refractivity contribution in [3.05, 3.63) is 70.8 Å². The maximum atomic E-state index is 13.2. The lowest BCUT2D eigenvalue weighted by Crippen LogP contribution is -2.26. The molecule has 0 heterocycles. The van der Waals surface area contributed by atoms with Gasteiger partial charge in [0.15, 0.2) is 5.78 Å². The third kappa shape index (κ3) is 3.66. The van der Waals surface area contributed by atoms with Crippen LogP contribution in [0.3, 0.4) is 0 Å². The molecule has 0 spiro atoms. The number of carbonyl (C=O) groups excluding carboxylic acids is 1. The van der Waals surface area contributed by atoms with Gasteiger partial charge in [0, 0.05) is 11.5 Å². The zero-order valence-electron chi connectivity index (χ0n) is 16.4. The van der Waals surface area contributed by atoms with Crippen molar-refractivity contribution in [3.8, 4) is 11.8 Å². The highest BCUT2D eigenvalue weighted by molar-refractivity contribution is 6.01. The molecule has 1 aliphatic carbocycles. The van der Waals surface area contributed by atoms with Crippen molar-refractivity contribution < 1.29 is 9.53 Å². The Kier molecular flexibility index (Phi) is 5.19. The third-order valence-corrected chi connectivity index (χ3v) is 5.45. The number of hydrogen-bond donors (Lipinski definition) is 0. The molecule has 1 atom stereocenters. The van der Waals surface area contributed by atoms with E-state index in [1.165, 1.54) is 11.1 Å². The molecule has 0 amide bonds. The van der Waals surface area contributed by atoms with Crippen LogP contribution in [0.2, 0.25) is 0 Å². The van der Waals surface area contributed by atoms with Crippen molar-refractivity contribution in [1.29, 1.82) is 5.26 Å². The van der Waals surface area contributed by atoms with E-state index in [4.69, 9.17) is 10.00 Å². The van der Waals surface area contributed by atoms with E-state index in [0.29, 0.717) is 11.1 Å². The summed E-state index contributed by atoms with van der Waals surface area (Å²) in [6.07, 6.45) is 3.85. The molecular weight excluding hydrogens is 334 g/mol. The molecule has 27 heavy (non-hydrogen) atoms. The summed E-state index contributed by atoms with van der Waals surface area (Å²) in [7, 11) is 1.69. The van der Waals surface area contributed by atoms with E-state index in [1.807, 2.05) is 0 Å². The van der Waals surface area contributed by atoms with Gasteiger partial charge in [-0.3, -0.25) is 4.79 Å². The smallest absolute Gasteiger partial charge is 0.170 e. The number of nitrogens with zero attached hydrogens (tertiary/aromatic N) is 1. The summed E-state index contributed by atoms with van der Waals surface area (Å²) >= 11 is 0. The van der Waals surface area contributed by atoms with Crippen molar-refractivity contribution >= 4 is 11.4 Å². The molecule has 2 aromatic rings. The van der Waals surface area contributed by atoms with Crippen molar-refractivity contribution in [2.45, 2.75) is 33.6 Å². The molecule has 0 bridgehead atoms. The van der Waals surface area contributed by atoms with E-state index >= 15 is 0 Å². The normalized spacial score (nSPS) is 17.9. The lowest BCUT2D eigenvalue weighted by atomic mass is 9.76. The van der Waals surface area contributed by atoms with Crippen LogP contribution in [0.25, 0.3) is 5.57 Å². The number of methoxy groups -OCH3 is 1. The van der Waals surface area contributed by atoms with E-state index in [2.05, 4.69) is 51.1 Å². The van der Waals surface area contributed by atoms with Gasteiger partial charge in [-0.2, -0.15) is 5.26 Å². The summed E-state index contributed by atoms with van der Waals surface area (Å²) in [4.78, 5) is 13.2. The van der Waals surface area contributed by atoms with Crippen LogP contribution in [0.1, 0.15) is 54.2 Å². The number of Topliss-reactive ketones (excluding diaryl/α,β-unsaturated/α-hetero) is 1. The molecule has 3 nitrogen and oxygen atoms in total. The summed E-state index contributed by atoms with van der Waals surface area (Å²) in [6, 6.07) is 15.4. The summed E-state index contributed by atoms with van der Waals surface area (Å²) in [5.41, 5.74) is 4.41. The number of ether oxygens (including phenoxy) is 1. The number of nitriles is 1. The first-order valence-corrected chi connectivity index (χ1v) is 9.32. The number of benzene rings is 2. The lowest BCUT2D eigenvalue weighted by molar-refractivity contribution is 0.0871. The van der Waals surface area contributed by atoms with Gasteiger partial charge in [-0.25, -0.2) is 0 Å². The van der Waals surface area contributed by atoms with Gasteiger partial charge in [0.05, 0.1) is 18.7 Å². The first kappa shape index (κ1) is 18.9. The van der Waals surface area contributed by atoms with Crippen LogP contribution in [0, 0.1) is 22.7 Å². The Morgan fingerprint density at radius 3 is 2.70 bits per heavy atom. The minimum atomic E-state index is -0.210. The van der Waals surface area contributed by atoms with E-state index < -0.39 is 0 Å². The minimum Gasteiger partial charge on any atom is -0.496 e. The highest BCUT2D eigenvalue weighted by Crippen LogP contribution is 2.47. The van der Waals surface area contributed by atoms with Crippen molar-refractivity contribution in [1.82, 2.24) is 0 Å². The molecule has 0 radical (unpaired) electrons. The molecule has 0 saturated heterocycles. The first-order valence-electron chi connectivity index (χ1n) is 9.32. The third-order valence-electron chi connectivity index (χ3n) is 5.45. The van der Waals surface area contributed by atoms with Crippen molar-refractivity contribution in [2.24, 2.45) is 11.3 Å². The fourth-order valence-corrected chi connectivity index (χ4v) is 3.87. The molecule has 3 rings (SSSR count). The molecule has 138 valence electrons. The zero-order chi connectivity index (χ0) is 19.6. The summed E-state index contributed by atoms with van der Waals surface area (Å²) < 4.78 is 5.53. The van der Waals surface area contributed by atoms with Gasteiger partial charge in [0.25, 0.3) is 0 Å². The second-order valence-electron chi connectivity index (χ2n) is 7.77.